The smallest absolute Gasteiger partial charge is 0.405 e. The van der Waals surface area contributed by atoms with Crippen molar-refractivity contribution in [2.45, 2.75) is 141 Å². The number of ketones is 2. The van der Waals surface area contributed by atoms with Gasteiger partial charge in [0.2, 0.25) is 11.7 Å². The molecule has 3 fully saturated rings. The highest BCUT2D eigenvalue weighted by Gasteiger charge is 2.55. The highest BCUT2D eigenvalue weighted by Crippen LogP contribution is 2.50. The van der Waals surface area contributed by atoms with Gasteiger partial charge in [-0.05, 0) is 50.4 Å². The van der Waals surface area contributed by atoms with Crippen molar-refractivity contribution < 1.29 is 67.7 Å². The predicted octanol–water partition coefficient (Wildman–Crippen LogP) is 5.54. The maximum Gasteiger partial charge on any atom is 0.405 e. The minimum atomic E-state index is -1.79. The third-order valence-corrected chi connectivity index (χ3v) is 13.9. The van der Waals surface area contributed by atoms with E-state index in [4.69, 9.17) is 62.1 Å². The lowest BCUT2D eigenvalue weighted by Crippen LogP contribution is -2.63. The zero-order chi connectivity index (χ0) is 46.4. The summed E-state index contributed by atoms with van der Waals surface area (Å²) < 4.78 is 41.9. The molecule has 1 amide bonds. The molecule has 0 spiro atoms. The number of aliphatic hydroxyl groups excluding tert-OH is 2. The second-order valence-electron chi connectivity index (χ2n) is 17.8. The lowest BCUT2D eigenvalue weighted by Gasteiger charge is -2.50. The third-order valence-electron chi connectivity index (χ3n) is 13.2. The van der Waals surface area contributed by atoms with E-state index >= 15 is 0 Å². The van der Waals surface area contributed by atoms with Crippen LogP contribution in [0.1, 0.15) is 84.6 Å². The second kappa shape index (κ2) is 19.3. The number of hydrogen-bond acceptors (Lipinski definition) is 15. The Hall–Kier alpha value is -3.81. The maximum absolute atomic E-state index is 14.3. The first kappa shape index (κ1) is 48.6. The Kier molecular flexibility index (Phi) is 14.9. The molecule has 63 heavy (non-hydrogen) atoms. The van der Waals surface area contributed by atoms with Gasteiger partial charge in [-0.15, -0.1) is 0 Å². The molecule has 2 saturated heterocycles. The van der Waals surface area contributed by atoms with Crippen LogP contribution < -0.4 is 5.73 Å². The quantitative estimate of drug-likeness (QED) is 0.0569. The molecule has 6 rings (SSSR count). The molecule has 16 unspecified atom stereocenters. The first-order valence-electron chi connectivity index (χ1n) is 21.3. The topological polar surface area (TPSA) is 248 Å². The van der Waals surface area contributed by atoms with Gasteiger partial charge >= 0.3 is 12.1 Å². The number of nitrogens with one attached hydrogen (secondary N) is 1. The Labute approximate surface area is 376 Å². The van der Waals surface area contributed by atoms with Gasteiger partial charge in [0.1, 0.15) is 29.3 Å². The summed E-state index contributed by atoms with van der Waals surface area (Å²) in [5, 5.41) is 36.0. The van der Waals surface area contributed by atoms with E-state index in [1.54, 1.807) is 34.6 Å². The van der Waals surface area contributed by atoms with E-state index in [9.17, 15) is 34.5 Å². The van der Waals surface area contributed by atoms with Gasteiger partial charge in [0.15, 0.2) is 42.2 Å². The molecular formula is C44H59Cl2N3O14. The number of rotatable bonds is 12. The molecule has 17 nitrogen and oxygen atoms in total. The molecule has 0 aromatic carbocycles. The van der Waals surface area contributed by atoms with E-state index in [0.717, 1.165) is 5.57 Å². The number of esters is 1. The monoisotopic (exact) mass is 923 g/mol. The maximum atomic E-state index is 14.3. The molecule has 0 bridgehead atoms. The molecule has 2 aliphatic carbocycles. The summed E-state index contributed by atoms with van der Waals surface area (Å²) in [6.45, 7) is 15.9. The first-order valence-corrected chi connectivity index (χ1v) is 22.0. The number of Topliss-reactive ketones (excluding diaryl/α,β-unsaturated/α-hetero) is 2. The molecule has 16 atom stereocenters. The van der Waals surface area contributed by atoms with Crippen LogP contribution in [0.4, 0.5) is 4.79 Å². The number of primary amides is 1. The molecule has 348 valence electrons. The van der Waals surface area contributed by atoms with Gasteiger partial charge in [0.05, 0.1) is 28.4 Å². The minimum absolute atomic E-state index is 0.0772. The molecule has 3 aliphatic heterocycles. The number of fused-ring (bicyclic) bond motifs is 1. The number of hydrogen-bond donors (Lipinski definition) is 5. The SMILES string of the molecule is C=C1CCC(OC2CC(O)(C(C)CC(=O)c3[nH]cc(Cl)c3Cl)C(O)C(C)O2)C2C=CC(C)C(/C(O)=C3/N=C(C4OC(C)C(OC(N)=O)C(OC(C)=O)C4OC)OC(C(C)C)C3=O)C12. The Morgan fingerprint density at radius 2 is 1.78 bits per heavy atom. The van der Waals surface area contributed by atoms with E-state index in [2.05, 4.69) is 16.6 Å². The Bertz CT molecular complexity index is 2040. The molecule has 0 radical (unpaired) electrons. The average Bonchev–Trinajstić information content (AvgIpc) is 3.55. The van der Waals surface area contributed by atoms with Gasteiger partial charge in [-0.2, -0.15) is 0 Å². The van der Waals surface area contributed by atoms with Crippen molar-refractivity contribution in [1.29, 1.82) is 0 Å². The van der Waals surface area contributed by atoms with Crippen LogP contribution in [0.5, 0.6) is 0 Å². The van der Waals surface area contributed by atoms with Crippen molar-refractivity contribution >= 4 is 52.7 Å². The van der Waals surface area contributed by atoms with Crippen LogP contribution >= 0.6 is 23.2 Å². The van der Waals surface area contributed by atoms with Crippen LogP contribution in [-0.2, 0) is 42.7 Å². The number of nitrogens with zero attached hydrogens (tertiary/aromatic N) is 1. The predicted molar refractivity (Wildman–Crippen MR) is 228 cm³/mol. The van der Waals surface area contributed by atoms with Crippen LogP contribution in [0, 0.1) is 35.5 Å². The molecule has 4 heterocycles. The number of aliphatic hydroxyl groups is 3. The zero-order valence-corrected chi connectivity index (χ0v) is 38.1. The number of ether oxygens (including phenoxy) is 7. The number of aromatic amines is 1. The average molecular weight is 925 g/mol. The van der Waals surface area contributed by atoms with Crippen LogP contribution in [0.25, 0.3) is 0 Å². The molecule has 6 N–H and O–H groups in total. The molecule has 1 saturated carbocycles. The van der Waals surface area contributed by atoms with Crippen molar-refractivity contribution in [3.8, 4) is 0 Å². The number of nitrogens with two attached hydrogens (primary N) is 1. The van der Waals surface area contributed by atoms with Crippen LogP contribution in [0.15, 0.2) is 46.9 Å². The summed E-state index contributed by atoms with van der Waals surface area (Å²) in [5.74, 6) is -5.03. The van der Waals surface area contributed by atoms with Crippen molar-refractivity contribution in [2.24, 2.45) is 46.2 Å². The number of aromatic nitrogens is 1. The fourth-order valence-electron chi connectivity index (χ4n) is 9.83. The Morgan fingerprint density at radius 1 is 1.08 bits per heavy atom. The summed E-state index contributed by atoms with van der Waals surface area (Å²) in [6.07, 6.45) is -5.53. The fourth-order valence-corrected chi connectivity index (χ4v) is 10.2. The van der Waals surface area contributed by atoms with E-state index < -0.39 is 108 Å². The summed E-state index contributed by atoms with van der Waals surface area (Å²) in [6, 6.07) is 0. The Balaban J connectivity index is 1.29. The van der Waals surface area contributed by atoms with Crippen LogP contribution in [0.3, 0.4) is 0 Å². The van der Waals surface area contributed by atoms with Gasteiger partial charge in [-0.1, -0.05) is 75.2 Å². The lowest BCUT2D eigenvalue weighted by molar-refractivity contribution is -0.301. The van der Waals surface area contributed by atoms with Gasteiger partial charge < -0.3 is 59.2 Å². The summed E-state index contributed by atoms with van der Waals surface area (Å²) >= 11 is 12.3. The Morgan fingerprint density at radius 3 is 2.38 bits per heavy atom. The van der Waals surface area contributed by atoms with Crippen LogP contribution in [0.2, 0.25) is 10.0 Å². The van der Waals surface area contributed by atoms with Gasteiger partial charge in [0.25, 0.3) is 0 Å². The molecule has 5 aliphatic rings. The number of halogens is 2. The number of H-pyrrole nitrogens is 1. The first-order chi connectivity index (χ1) is 29.6. The molecule has 1 aromatic rings. The zero-order valence-electron chi connectivity index (χ0n) is 36.6. The van der Waals surface area contributed by atoms with Gasteiger partial charge in [0, 0.05) is 44.9 Å². The van der Waals surface area contributed by atoms with Crippen molar-refractivity contribution in [1.82, 2.24) is 4.98 Å². The van der Waals surface area contributed by atoms with E-state index in [-0.39, 0.29) is 63.6 Å². The fraction of sp³-hybridized carbons (Fsp3) is 0.659. The number of amides is 1. The van der Waals surface area contributed by atoms with Gasteiger partial charge in [-0.25, -0.2) is 9.79 Å². The summed E-state index contributed by atoms with van der Waals surface area (Å²) in [5.41, 5.74) is 4.25. The second-order valence-corrected chi connectivity index (χ2v) is 18.6. The number of allylic oxidation sites excluding steroid dienone is 3. The van der Waals surface area contributed by atoms with E-state index in [1.807, 2.05) is 19.1 Å². The van der Waals surface area contributed by atoms with Crippen molar-refractivity contribution in [2.75, 3.05) is 7.11 Å². The van der Waals surface area contributed by atoms with Gasteiger partial charge in [-0.3, -0.25) is 14.4 Å². The molecule has 19 heteroatoms. The number of carbonyl (C=O) groups is 4. The van der Waals surface area contributed by atoms with E-state index in [0.29, 0.717) is 12.8 Å². The van der Waals surface area contributed by atoms with E-state index in [1.165, 1.54) is 20.2 Å². The molecule has 1 aromatic heterocycles. The number of carbonyl (C=O) groups excluding carboxylic acids is 4. The largest absolute Gasteiger partial charge is 0.510 e. The summed E-state index contributed by atoms with van der Waals surface area (Å²) in [7, 11) is 1.34. The van der Waals surface area contributed by atoms with Crippen molar-refractivity contribution in [3.05, 3.63) is 57.7 Å². The molecular weight excluding hydrogens is 865 g/mol. The normalized spacial score (nSPS) is 38.3. The lowest BCUT2D eigenvalue weighted by atomic mass is 9.61. The highest BCUT2D eigenvalue weighted by molar-refractivity contribution is 6.43. The highest BCUT2D eigenvalue weighted by atomic mass is 35.5. The minimum Gasteiger partial charge on any atom is -0.510 e. The summed E-state index contributed by atoms with van der Waals surface area (Å²) in [4.78, 5) is 59.0. The standard InChI is InChI=1S/C44H59Cl2N3O14/c1-17(2)36-35(53)33(49-42(62-36)40-38(57-9)39(60-23(8)50)37(21(6)59-40)63-43(47)55)34(52)30-19(4)10-12-24-27(13-11-18(3)29(24)30)61-28-15-44(56,41(54)22(7)58-28)20(5)14-26(51)32-31(46)25(45)16-48-32/h10,12,16-17,19-22,24,27-30,36-41,48,52,54,56H,3,11,13-15H2,1-2,4-9H3,(H2,47,55)/b34-33-. The van der Waals surface area contributed by atoms with Crippen LogP contribution in [-0.4, -0.2) is 124 Å². The third kappa shape index (κ3) is 9.62. The number of aliphatic imine (C=N–C) groups is 1. The van der Waals surface area contributed by atoms with Crippen molar-refractivity contribution in [3.63, 3.8) is 0 Å². The number of methoxy groups -OCH3 is 1.